The van der Waals surface area contributed by atoms with Gasteiger partial charge in [0, 0.05) is 17.4 Å². The van der Waals surface area contributed by atoms with Crippen molar-refractivity contribution in [1.29, 1.82) is 0 Å². The first kappa shape index (κ1) is 21.3. The summed E-state index contributed by atoms with van der Waals surface area (Å²) >= 11 is 0. The van der Waals surface area contributed by atoms with Gasteiger partial charge >= 0.3 is 0 Å². The van der Waals surface area contributed by atoms with Gasteiger partial charge in [0.05, 0.1) is 6.61 Å². The Bertz CT molecular complexity index is 686. The van der Waals surface area contributed by atoms with Crippen molar-refractivity contribution in [3.05, 3.63) is 34.9 Å². The van der Waals surface area contributed by atoms with Gasteiger partial charge in [-0.25, -0.2) is 0 Å². The number of hydrogen-bond donors (Lipinski definition) is 0. The van der Waals surface area contributed by atoms with Crippen LogP contribution in [0.1, 0.15) is 103 Å². The van der Waals surface area contributed by atoms with Crippen LogP contribution in [0.25, 0.3) is 0 Å². The predicted octanol–water partition coefficient (Wildman–Crippen LogP) is 7.60. The molecular formula is C26H40O2. The van der Waals surface area contributed by atoms with Gasteiger partial charge in [0.25, 0.3) is 0 Å². The maximum atomic E-state index is 6.63. The van der Waals surface area contributed by atoms with E-state index in [4.69, 9.17) is 9.47 Å². The zero-order chi connectivity index (χ0) is 20.1. The lowest BCUT2D eigenvalue weighted by molar-refractivity contribution is 0.0104. The van der Waals surface area contributed by atoms with Crippen LogP contribution in [-0.2, 0) is 6.42 Å². The van der Waals surface area contributed by atoms with Crippen molar-refractivity contribution >= 4 is 0 Å². The van der Waals surface area contributed by atoms with Gasteiger partial charge in [0.2, 0.25) is 0 Å². The molecule has 0 N–H and O–H groups in total. The summed E-state index contributed by atoms with van der Waals surface area (Å²) in [4.78, 5) is 0. The second-order valence-corrected chi connectivity index (χ2v) is 9.41. The summed E-state index contributed by atoms with van der Waals surface area (Å²) in [7, 11) is 0. The van der Waals surface area contributed by atoms with Crippen LogP contribution < -0.4 is 9.47 Å². The van der Waals surface area contributed by atoms with Crippen molar-refractivity contribution in [3.8, 4) is 11.5 Å². The normalized spacial score (nSPS) is 22.7. The van der Waals surface area contributed by atoms with Gasteiger partial charge < -0.3 is 9.47 Å². The summed E-state index contributed by atoms with van der Waals surface area (Å²) in [5.41, 5.74) is 4.05. The molecule has 0 spiro atoms. The Morgan fingerprint density at radius 3 is 2.57 bits per heavy atom. The highest BCUT2D eigenvalue weighted by molar-refractivity contribution is 5.54. The van der Waals surface area contributed by atoms with E-state index in [-0.39, 0.29) is 5.60 Å². The maximum absolute atomic E-state index is 6.63. The molecule has 0 saturated heterocycles. The SMILES string of the molecule is CCCCCOc1cc(CCCCC)cc2c1[C@@H]1C=C(C)CC[C@H]1C(C)(C)O2. The highest BCUT2D eigenvalue weighted by atomic mass is 16.5. The predicted molar refractivity (Wildman–Crippen MR) is 119 cm³/mol. The van der Waals surface area contributed by atoms with Crippen molar-refractivity contribution in [2.24, 2.45) is 5.92 Å². The van der Waals surface area contributed by atoms with E-state index in [1.165, 1.54) is 61.6 Å². The van der Waals surface area contributed by atoms with Crippen LogP contribution in [0.15, 0.2) is 23.8 Å². The van der Waals surface area contributed by atoms with Crippen LogP contribution >= 0.6 is 0 Å². The smallest absolute Gasteiger partial charge is 0.127 e. The van der Waals surface area contributed by atoms with E-state index in [0.29, 0.717) is 11.8 Å². The lowest BCUT2D eigenvalue weighted by atomic mass is 9.68. The molecule has 0 aromatic heterocycles. The maximum Gasteiger partial charge on any atom is 0.127 e. The number of allylic oxidation sites excluding steroid dienone is 2. The Balaban J connectivity index is 1.97. The quantitative estimate of drug-likeness (QED) is 0.322. The molecule has 156 valence electrons. The third kappa shape index (κ3) is 4.75. The summed E-state index contributed by atoms with van der Waals surface area (Å²) < 4.78 is 13.0. The average molecular weight is 385 g/mol. The molecule has 0 bridgehead atoms. The van der Waals surface area contributed by atoms with Gasteiger partial charge in [-0.3, -0.25) is 0 Å². The fourth-order valence-corrected chi connectivity index (χ4v) is 4.94. The first-order valence-electron chi connectivity index (χ1n) is 11.6. The molecule has 2 atom stereocenters. The molecule has 0 saturated carbocycles. The summed E-state index contributed by atoms with van der Waals surface area (Å²) in [5, 5.41) is 0. The molecule has 1 heterocycles. The van der Waals surface area contributed by atoms with Crippen molar-refractivity contribution in [2.75, 3.05) is 6.61 Å². The van der Waals surface area contributed by atoms with Crippen molar-refractivity contribution < 1.29 is 9.47 Å². The molecule has 28 heavy (non-hydrogen) atoms. The highest BCUT2D eigenvalue weighted by Gasteiger charge is 2.45. The number of benzene rings is 1. The Labute approximate surface area is 172 Å². The molecule has 0 radical (unpaired) electrons. The molecule has 0 amide bonds. The molecule has 0 unspecified atom stereocenters. The van der Waals surface area contributed by atoms with Crippen molar-refractivity contribution in [3.63, 3.8) is 0 Å². The summed E-state index contributed by atoms with van der Waals surface area (Å²) in [6.45, 7) is 12.1. The lowest BCUT2D eigenvalue weighted by Crippen LogP contribution is -2.45. The number of unbranched alkanes of at least 4 members (excludes halogenated alkanes) is 4. The average Bonchev–Trinajstić information content (AvgIpc) is 2.64. The summed E-state index contributed by atoms with van der Waals surface area (Å²) in [6.07, 6.45) is 13.3. The second-order valence-electron chi connectivity index (χ2n) is 9.41. The molecule has 3 rings (SSSR count). The Morgan fingerprint density at radius 1 is 1.07 bits per heavy atom. The van der Waals surface area contributed by atoms with Gasteiger partial charge in [-0.2, -0.15) is 0 Å². The van der Waals surface area contributed by atoms with E-state index in [1.807, 2.05) is 0 Å². The molecule has 1 aromatic carbocycles. The fourth-order valence-electron chi connectivity index (χ4n) is 4.94. The van der Waals surface area contributed by atoms with E-state index in [0.717, 1.165) is 30.9 Å². The molecule has 2 aliphatic rings. The largest absolute Gasteiger partial charge is 0.493 e. The summed E-state index contributed by atoms with van der Waals surface area (Å²) in [5.74, 6) is 3.08. The zero-order valence-corrected chi connectivity index (χ0v) is 18.8. The standard InChI is InChI=1S/C26H40O2/c1-6-8-10-12-20-17-23(27-15-11-9-7-2)25-21-16-19(3)13-14-22(21)26(4,5)28-24(25)18-20/h16-18,21-22H,6-15H2,1-5H3/t21-,22-/m1/s1. The number of fused-ring (bicyclic) bond motifs is 3. The number of ether oxygens (including phenoxy) is 2. The van der Waals surface area contributed by atoms with E-state index >= 15 is 0 Å². The third-order valence-corrected chi connectivity index (χ3v) is 6.58. The van der Waals surface area contributed by atoms with Crippen molar-refractivity contribution in [2.45, 2.75) is 104 Å². The molecule has 1 aromatic rings. The minimum absolute atomic E-state index is 0.129. The Hall–Kier alpha value is -1.44. The van der Waals surface area contributed by atoms with E-state index in [1.54, 1.807) is 0 Å². The summed E-state index contributed by atoms with van der Waals surface area (Å²) in [6, 6.07) is 4.62. The third-order valence-electron chi connectivity index (χ3n) is 6.58. The highest BCUT2D eigenvalue weighted by Crippen LogP contribution is 2.53. The molecule has 2 nitrogen and oxygen atoms in total. The monoisotopic (exact) mass is 384 g/mol. The topological polar surface area (TPSA) is 18.5 Å². The van der Waals surface area contributed by atoms with Gasteiger partial charge in [-0.15, -0.1) is 0 Å². The number of hydrogen-bond acceptors (Lipinski definition) is 2. The van der Waals surface area contributed by atoms with Crippen LogP contribution in [0.4, 0.5) is 0 Å². The zero-order valence-electron chi connectivity index (χ0n) is 18.8. The Morgan fingerprint density at radius 2 is 1.82 bits per heavy atom. The Kier molecular flexibility index (Phi) is 7.12. The minimum atomic E-state index is -0.129. The van der Waals surface area contributed by atoms with Crippen LogP contribution in [0.2, 0.25) is 0 Å². The second kappa shape index (κ2) is 9.37. The van der Waals surface area contributed by atoms with Gasteiger partial charge in [0.15, 0.2) is 0 Å². The first-order valence-corrected chi connectivity index (χ1v) is 11.6. The molecule has 2 heteroatoms. The minimum Gasteiger partial charge on any atom is -0.493 e. The van der Waals surface area contributed by atoms with Crippen LogP contribution in [-0.4, -0.2) is 12.2 Å². The van der Waals surface area contributed by atoms with Crippen LogP contribution in [0.5, 0.6) is 11.5 Å². The number of aryl methyl sites for hydroxylation is 1. The molecular weight excluding hydrogens is 344 g/mol. The van der Waals surface area contributed by atoms with E-state index in [2.05, 4.69) is 52.8 Å². The van der Waals surface area contributed by atoms with Gasteiger partial charge in [-0.05, 0) is 70.6 Å². The van der Waals surface area contributed by atoms with Crippen LogP contribution in [0.3, 0.4) is 0 Å². The van der Waals surface area contributed by atoms with Crippen LogP contribution in [0, 0.1) is 5.92 Å². The molecule has 1 aliphatic heterocycles. The number of rotatable bonds is 9. The lowest BCUT2D eigenvalue weighted by Gasteiger charge is -2.46. The molecule has 1 aliphatic carbocycles. The first-order chi connectivity index (χ1) is 13.5. The van der Waals surface area contributed by atoms with Crippen molar-refractivity contribution in [1.82, 2.24) is 0 Å². The van der Waals surface area contributed by atoms with E-state index < -0.39 is 0 Å². The fraction of sp³-hybridized carbons (Fsp3) is 0.692. The molecule has 0 fully saturated rings. The van der Waals surface area contributed by atoms with Gasteiger partial charge in [-0.1, -0.05) is 51.2 Å². The van der Waals surface area contributed by atoms with Gasteiger partial charge in [0.1, 0.15) is 17.1 Å². The van der Waals surface area contributed by atoms with E-state index in [9.17, 15) is 0 Å².